The van der Waals surface area contributed by atoms with Gasteiger partial charge in [-0.25, -0.2) is 0 Å². The van der Waals surface area contributed by atoms with E-state index in [1.165, 1.54) is 0 Å². The number of amides is 1. The van der Waals surface area contributed by atoms with Crippen molar-refractivity contribution >= 4 is 5.91 Å². The number of benzene rings is 1. The fraction of sp³-hybridized carbons (Fsp3) is 0.444. The monoisotopic (exact) mass is 311 g/mol. The lowest BCUT2D eigenvalue weighted by Crippen LogP contribution is -2.34. The van der Waals surface area contributed by atoms with Crippen LogP contribution in [0.5, 0.6) is 5.75 Å². The summed E-state index contributed by atoms with van der Waals surface area (Å²) in [5.41, 5.74) is 1.84. The summed E-state index contributed by atoms with van der Waals surface area (Å²) in [4.78, 5) is 14.8. The van der Waals surface area contributed by atoms with Gasteiger partial charge in [0, 0.05) is 18.3 Å². The van der Waals surface area contributed by atoms with Crippen LogP contribution in [0.15, 0.2) is 36.7 Å². The van der Waals surface area contributed by atoms with Gasteiger partial charge in [0.25, 0.3) is 5.91 Å². The molecule has 0 spiro atoms. The Balaban J connectivity index is 1.46. The fourth-order valence-electron chi connectivity index (χ4n) is 2.96. The lowest BCUT2D eigenvalue weighted by molar-refractivity contribution is 0.0730. The molecule has 0 unspecified atom stereocenters. The van der Waals surface area contributed by atoms with E-state index in [1.807, 2.05) is 35.1 Å². The van der Waals surface area contributed by atoms with Gasteiger partial charge in [-0.15, -0.1) is 0 Å². The Morgan fingerprint density at radius 2 is 1.87 bits per heavy atom. The Morgan fingerprint density at radius 3 is 2.43 bits per heavy atom. The van der Waals surface area contributed by atoms with Gasteiger partial charge < -0.3 is 9.64 Å². The number of hydrogen-bond acceptors (Lipinski definition) is 3. The molecule has 0 atom stereocenters. The maximum Gasteiger partial charge on any atom is 0.257 e. The summed E-state index contributed by atoms with van der Waals surface area (Å²) in [7, 11) is 1.66. The maximum absolute atomic E-state index is 12.7. The molecule has 2 saturated carbocycles. The van der Waals surface area contributed by atoms with Crippen molar-refractivity contribution < 1.29 is 9.53 Å². The second-order valence-corrected chi connectivity index (χ2v) is 6.45. The molecule has 2 fully saturated rings. The number of ether oxygens (including phenoxy) is 1. The van der Waals surface area contributed by atoms with E-state index in [1.54, 1.807) is 13.3 Å². The van der Waals surface area contributed by atoms with Gasteiger partial charge in [0.1, 0.15) is 5.75 Å². The van der Waals surface area contributed by atoms with Crippen molar-refractivity contribution in [3.63, 3.8) is 0 Å². The summed E-state index contributed by atoms with van der Waals surface area (Å²) < 4.78 is 6.99. The predicted molar refractivity (Wildman–Crippen MR) is 86.5 cm³/mol. The third-order valence-corrected chi connectivity index (χ3v) is 4.50. The Hall–Kier alpha value is -2.30. The van der Waals surface area contributed by atoms with E-state index < -0.39 is 0 Å². The molecule has 0 N–H and O–H groups in total. The number of rotatable bonds is 6. The SMILES string of the molecule is COc1ccc(Cn2cc(C(=O)N(C3CC3)C3CC3)cn2)cc1. The first-order valence-corrected chi connectivity index (χ1v) is 8.22. The summed E-state index contributed by atoms with van der Waals surface area (Å²) in [6.45, 7) is 0.657. The van der Waals surface area contributed by atoms with Gasteiger partial charge in [-0.3, -0.25) is 9.48 Å². The minimum Gasteiger partial charge on any atom is -0.497 e. The predicted octanol–water partition coefficient (Wildman–Crippen LogP) is 2.71. The van der Waals surface area contributed by atoms with Crippen LogP contribution in [0.3, 0.4) is 0 Å². The van der Waals surface area contributed by atoms with Crippen molar-refractivity contribution in [2.45, 2.75) is 44.3 Å². The molecular formula is C18H21N3O2. The van der Waals surface area contributed by atoms with Crippen molar-refractivity contribution in [3.8, 4) is 5.75 Å². The van der Waals surface area contributed by atoms with E-state index in [0.29, 0.717) is 24.2 Å². The van der Waals surface area contributed by atoms with E-state index in [0.717, 1.165) is 37.0 Å². The Bertz CT molecular complexity index is 687. The molecule has 5 heteroatoms. The van der Waals surface area contributed by atoms with E-state index >= 15 is 0 Å². The highest BCUT2D eigenvalue weighted by atomic mass is 16.5. The number of nitrogens with zero attached hydrogens (tertiary/aromatic N) is 3. The molecule has 0 radical (unpaired) electrons. The largest absolute Gasteiger partial charge is 0.497 e. The number of aromatic nitrogens is 2. The van der Waals surface area contributed by atoms with E-state index in [-0.39, 0.29) is 5.91 Å². The summed E-state index contributed by atoms with van der Waals surface area (Å²) in [6.07, 6.45) is 8.18. The lowest BCUT2D eigenvalue weighted by atomic mass is 10.2. The van der Waals surface area contributed by atoms with Gasteiger partial charge in [0.15, 0.2) is 0 Å². The second-order valence-electron chi connectivity index (χ2n) is 6.45. The molecule has 0 aliphatic heterocycles. The van der Waals surface area contributed by atoms with Crippen LogP contribution >= 0.6 is 0 Å². The van der Waals surface area contributed by atoms with Crippen molar-refractivity contribution in [3.05, 3.63) is 47.8 Å². The van der Waals surface area contributed by atoms with Crippen LogP contribution in [0.4, 0.5) is 0 Å². The lowest BCUT2D eigenvalue weighted by Gasteiger charge is -2.21. The molecular weight excluding hydrogens is 290 g/mol. The fourth-order valence-corrected chi connectivity index (χ4v) is 2.96. The number of carbonyl (C=O) groups excluding carboxylic acids is 1. The molecule has 1 aromatic heterocycles. The van der Waals surface area contributed by atoms with E-state index in [9.17, 15) is 4.79 Å². The smallest absolute Gasteiger partial charge is 0.257 e. The average molecular weight is 311 g/mol. The minimum absolute atomic E-state index is 0.149. The normalized spacial score (nSPS) is 17.1. The van der Waals surface area contributed by atoms with Crippen LogP contribution in [-0.4, -0.2) is 39.8 Å². The van der Waals surface area contributed by atoms with Crippen LogP contribution in [0.2, 0.25) is 0 Å². The third kappa shape index (κ3) is 3.09. The maximum atomic E-state index is 12.7. The number of carbonyl (C=O) groups is 1. The topological polar surface area (TPSA) is 47.4 Å². The van der Waals surface area contributed by atoms with Crippen LogP contribution in [0.1, 0.15) is 41.6 Å². The zero-order valence-electron chi connectivity index (χ0n) is 13.3. The van der Waals surface area contributed by atoms with Gasteiger partial charge in [-0.05, 0) is 43.4 Å². The van der Waals surface area contributed by atoms with Crippen LogP contribution < -0.4 is 4.74 Å². The highest BCUT2D eigenvalue weighted by molar-refractivity contribution is 5.94. The first-order valence-electron chi connectivity index (χ1n) is 8.22. The summed E-state index contributed by atoms with van der Waals surface area (Å²) in [5, 5.41) is 4.35. The average Bonchev–Trinajstić information content (AvgIpc) is 3.50. The van der Waals surface area contributed by atoms with E-state index in [4.69, 9.17) is 4.74 Å². The Kier molecular flexibility index (Phi) is 3.56. The Morgan fingerprint density at radius 1 is 1.22 bits per heavy atom. The standard InChI is InChI=1S/C18H21N3O2/c1-23-17-8-2-13(3-9-17)11-20-12-14(10-19-20)18(22)21(15-4-5-15)16-6-7-16/h2-3,8-10,12,15-16H,4-7,11H2,1H3. The van der Waals surface area contributed by atoms with Crippen LogP contribution in [0.25, 0.3) is 0 Å². The van der Waals surface area contributed by atoms with Gasteiger partial charge in [-0.1, -0.05) is 12.1 Å². The zero-order valence-corrected chi connectivity index (χ0v) is 13.3. The number of hydrogen-bond donors (Lipinski definition) is 0. The highest BCUT2D eigenvalue weighted by Gasteiger charge is 2.42. The minimum atomic E-state index is 0.149. The molecule has 5 nitrogen and oxygen atoms in total. The molecule has 23 heavy (non-hydrogen) atoms. The first kappa shape index (κ1) is 14.3. The second kappa shape index (κ2) is 5.72. The molecule has 120 valence electrons. The Labute approximate surface area is 135 Å². The van der Waals surface area contributed by atoms with E-state index in [2.05, 4.69) is 10.00 Å². The van der Waals surface area contributed by atoms with Gasteiger partial charge in [0.2, 0.25) is 0 Å². The molecule has 2 aliphatic rings. The summed E-state index contributed by atoms with van der Waals surface area (Å²) in [6, 6.07) is 8.85. The molecule has 0 bridgehead atoms. The van der Waals surface area contributed by atoms with Gasteiger partial charge in [0.05, 0.1) is 25.4 Å². The third-order valence-electron chi connectivity index (χ3n) is 4.50. The molecule has 1 amide bonds. The van der Waals surface area contributed by atoms with Crippen molar-refractivity contribution in [1.29, 1.82) is 0 Å². The molecule has 0 saturated heterocycles. The summed E-state index contributed by atoms with van der Waals surface area (Å²) >= 11 is 0. The first-order chi connectivity index (χ1) is 11.2. The molecule has 2 aliphatic carbocycles. The van der Waals surface area contributed by atoms with Gasteiger partial charge in [-0.2, -0.15) is 5.10 Å². The number of methoxy groups -OCH3 is 1. The highest BCUT2D eigenvalue weighted by Crippen LogP contribution is 2.38. The van der Waals surface area contributed by atoms with Gasteiger partial charge >= 0.3 is 0 Å². The molecule has 2 aromatic rings. The molecule has 1 aromatic carbocycles. The van der Waals surface area contributed by atoms with Crippen molar-refractivity contribution in [2.24, 2.45) is 0 Å². The molecule has 4 rings (SSSR count). The van der Waals surface area contributed by atoms with Crippen LogP contribution in [0, 0.1) is 0 Å². The molecule has 1 heterocycles. The summed E-state index contributed by atoms with van der Waals surface area (Å²) in [5.74, 6) is 0.991. The van der Waals surface area contributed by atoms with Crippen molar-refractivity contribution in [2.75, 3.05) is 7.11 Å². The zero-order chi connectivity index (χ0) is 15.8. The van der Waals surface area contributed by atoms with Crippen molar-refractivity contribution in [1.82, 2.24) is 14.7 Å². The quantitative estimate of drug-likeness (QED) is 0.824. The van der Waals surface area contributed by atoms with Crippen LogP contribution in [-0.2, 0) is 6.54 Å².